The molecule has 0 aromatic carbocycles. The van der Waals surface area contributed by atoms with Gasteiger partial charge < -0.3 is 24.8 Å². The third-order valence-corrected chi connectivity index (χ3v) is 5.07. The molecule has 188 valence electrons. The van der Waals surface area contributed by atoms with E-state index in [1.165, 1.54) is 0 Å². The molecule has 1 amide bonds. The number of piperidine rings is 1. The van der Waals surface area contributed by atoms with Crippen molar-refractivity contribution in [3.8, 4) is 0 Å². The molecule has 2 aromatic heterocycles. The van der Waals surface area contributed by atoms with Crippen LogP contribution in [0, 0.1) is 0 Å². The van der Waals surface area contributed by atoms with Gasteiger partial charge in [0.2, 0.25) is 0 Å². The second-order valence-corrected chi connectivity index (χ2v) is 9.23. The number of halogens is 3. The second kappa shape index (κ2) is 10.4. The number of carbonyl (C=O) groups is 2. The van der Waals surface area contributed by atoms with E-state index >= 15 is 0 Å². The highest BCUT2D eigenvalue weighted by molar-refractivity contribution is 5.98. The molecule has 3 N–H and O–H groups in total. The molecule has 1 aliphatic heterocycles. The molecule has 0 unspecified atom stereocenters. The van der Waals surface area contributed by atoms with Crippen LogP contribution in [0.2, 0.25) is 0 Å². The molecule has 9 nitrogen and oxygen atoms in total. The number of carbonyl (C=O) groups excluding carboxylic acids is 1. The molecule has 0 saturated carbocycles. The first-order valence-corrected chi connectivity index (χ1v) is 10.6. The average Bonchev–Trinajstić information content (AvgIpc) is 3.24. The lowest BCUT2D eigenvalue weighted by atomic mass is 9.93. The molecule has 0 radical (unpaired) electrons. The van der Waals surface area contributed by atoms with Crippen LogP contribution in [0.3, 0.4) is 0 Å². The number of amides is 1. The van der Waals surface area contributed by atoms with Gasteiger partial charge in [0.25, 0.3) is 5.91 Å². The van der Waals surface area contributed by atoms with E-state index in [9.17, 15) is 23.1 Å². The highest BCUT2D eigenvalue weighted by Crippen LogP contribution is 2.26. The molecule has 0 spiro atoms. The van der Waals surface area contributed by atoms with Gasteiger partial charge in [0, 0.05) is 24.7 Å². The number of carboxylic acid groups (broad SMARTS) is 1. The molecule has 1 aliphatic rings. The van der Waals surface area contributed by atoms with E-state index in [1.54, 1.807) is 17.4 Å². The van der Waals surface area contributed by atoms with Gasteiger partial charge in [-0.3, -0.25) is 4.79 Å². The third kappa shape index (κ3) is 7.72. The molecule has 3 heterocycles. The number of aromatic nitrogens is 2. The lowest BCUT2D eigenvalue weighted by molar-refractivity contribution is -0.192. The Kier molecular flexibility index (Phi) is 8.30. The van der Waals surface area contributed by atoms with Crippen molar-refractivity contribution in [3.05, 3.63) is 41.7 Å². The molecule has 1 fully saturated rings. The molecule has 34 heavy (non-hydrogen) atoms. The highest BCUT2D eigenvalue weighted by Gasteiger charge is 2.38. The van der Waals surface area contributed by atoms with Crippen molar-refractivity contribution in [1.82, 2.24) is 14.9 Å². The maximum atomic E-state index is 13.1. The van der Waals surface area contributed by atoms with E-state index < -0.39 is 17.7 Å². The maximum Gasteiger partial charge on any atom is 0.490 e. The monoisotopic (exact) mass is 486 g/mol. The summed E-state index contributed by atoms with van der Waals surface area (Å²) >= 11 is 0. The van der Waals surface area contributed by atoms with Crippen molar-refractivity contribution in [1.29, 1.82) is 0 Å². The number of furan rings is 1. The Morgan fingerprint density at radius 1 is 1.24 bits per heavy atom. The number of anilines is 1. The van der Waals surface area contributed by atoms with Gasteiger partial charge in [-0.15, -0.1) is 0 Å². The van der Waals surface area contributed by atoms with Crippen LogP contribution in [-0.2, 0) is 16.8 Å². The fourth-order valence-electron chi connectivity index (χ4n) is 2.98. The van der Waals surface area contributed by atoms with Gasteiger partial charge in [0.1, 0.15) is 23.0 Å². The number of carboxylic acids is 1. The zero-order valence-electron chi connectivity index (χ0n) is 19.4. The normalized spacial score (nSPS) is 15.8. The highest BCUT2D eigenvalue weighted by atomic mass is 19.4. The first-order valence-electron chi connectivity index (χ1n) is 10.6. The third-order valence-electron chi connectivity index (χ3n) is 5.07. The number of hydrogen-bond acceptors (Lipinski definition) is 7. The summed E-state index contributed by atoms with van der Waals surface area (Å²) in [7, 11) is 0. The predicted molar refractivity (Wildman–Crippen MR) is 116 cm³/mol. The van der Waals surface area contributed by atoms with E-state index in [1.807, 2.05) is 39.8 Å². The Labute approximate surface area is 195 Å². The molecule has 3 rings (SSSR count). The summed E-state index contributed by atoms with van der Waals surface area (Å²) in [6.07, 6.45) is -0.736. The topological polar surface area (TPSA) is 129 Å². The zero-order chi connectivity index (χ0) is 25.7. The fourth-order valence-corrected chi connectivity index (χ4v) is 2.98. The van der Waals surface area contributed by atoms with Crippen LogP contribution >= 0.6 is 0 Å². The minimum Gasteiger partial charge on any atom is -0.475 e. The van der Waals surface area contributed by atoms with Gasteiger partial charge in [-0.1, -0.05) is 20.8 Å². The predicted octanol–water partition coefficient (Wildman–Crippen LogP) is 3.60. The van der Waals surface area contributed by atoms with E-state index in [-0.39, 0.29) is 11.3 Å². The Bertz CT molecular complexity index is 975. The molecular weight excluding hydrogens is 457 g/mol. The van der Waals surface area contributed by atoms with Crippen LogP contribution in [0.5, 0.6) is 0 Å². The van der Waals surface area contributed by atoms with Crippen LogP contribution < -0.4 is 5.32 Å². The van der Waals surface area contributed by atoms with E-state index in [0.29, 0.717) is 49.7 Å². The van der Waals surface area contributed by atoms with Crippen molar-refractivity contribution in [2.24, 2.45) is 0 Å². The van der Waals surface area contributed by atoms with E-state index in [2.05, 4.69) is 15.3 Å². The Balaban J connectivity index is 0.000000509. The van der Waals surface area contributed by atoms with Gasteiger partial charge in [0.05, 0.1) is 18.4 Å². The number of nitrogens with zero attached hydrogens (tertiary/aromatic N) is 3. The summed E-state index contributed by atoms with van der Waals surface area (Å²) in [6, 6.07) is 3.69. The number of aliphatic carboxylic acids is 1. The SMILES string of the molecule is CC1(O)CCN(C(=O)c2cnc(C(C)(C)C)nc2NCc2ccco2)CC1.O=C(O)C(F)(F)F. The maximum absolute atomic E-state index is 13.1. The summed E-state index contributed by atoms with van der Waals surface area (Å²) in [5.41, 5.74) is -0.493. The lowest BCUT2D eigenvalue weighted by Crippen LogP contribution is -2.45. The van der Waals surface area contributed by atoms with Crippen LogP contribution in [0.15, 0.2) is 29.0 Å². The fraction of sp³-hybridized carbons (Fsp3) is 0.545. The first-order chi connectivity index (χ1) is 15.6. The Hall–Kier alpha value is -3.15. The summed E-state index contributed by atoms with van der Waals surface area (Å²) in [4.78, 5) is 32.8. The van der Waals surface area contributed by atoms with Crippen LogP contribution in [-0.4, -0.2) is 61.8 Å². The molecule has 1 saturated heterocycles. The Morgan fingerprint density at radius 3 is 2.29 bits per heavy atom. The minimum atomic E-state index is -5.08. The van der Waals surface area contributed by atoms with E-state index in [0.717, 1.165) is 5.76 Å². The van der Waals surface area contributed by atoms with Crippen molar-refractivity contribution >= 4 is 17.7 Å². The summed E-state index contributed by atoms with van der Waals surface area (Å²) < 4.78 is 37.1. The Morgan fingerprint density at radius 2 is 1.82 bits per heavy atom. The van der Waals surface area contributed by atoms with Crippen molar-refractivity contribution in [3.63, 3.8) is 0 Å². The van der Waals surface area contributed by atoms with Crippen LogP contribution in [0.4, 0.5) is 19.0 Å². The van der Waals surface area contributed by atoms with Gasteiger partial charge in [-0.2, -0.15) is 13.2 Å². The molecule has 2 aromatic rings. The molecule has 0 atom stereocenters. The number of rotatable bonds is 4. The van der Waals surface area contributed by atoms with Gasteiger partial charge in [-0.05, 0) is 31.9 Å². The summed E-state index contributed by atoms with van der Waals surface area (Å²) in [5.74, 6) is -0.935. The van der Waals surface area contributed by atoms with Crippen LogP contribution in [0.25, 0.3) is 0 Å². The number of nitrogens with one attached hydrogen (secondary N) is 1. The van der Waals surface area contributed by atoms with Crippen molar-refractivity contribution in [2.45, 2.75) is 64.3 Å². The number of likely N-dealkylation sites (tertiary alicyclic amines) is 1. The van der Waals surface area contributed by atoms with Gasteiger partial charge >= 0.3 is 12.1 Å². The quantitative estimate of drug-likeness (QED) is 0.598. The molecule has 0 bridgehead atoms. The van der Waals surface area contributed by atoms with Crippen molar-refractivity contribution in [2.75, 3.05) is 18.4 Å². The van der Waals surface area contributed by atoms with Gasteiger partial charge in [0.15, 0.2) is 0 Å². The first kappa shape index (κ1) is 27.1. The zero-order valence-corrected chi connectivity index (χ0v) is 19.4. The lowest BCUT2D eigenvalue weighted by Gasteiger charge is -2.36. The van der Waals surface area contributed by atoms with E-state index in [4.69, 9.17) is 14.3 Å². The number of aliphatic hydroxyl groups is 1. The second-order valence-electron chi connectivity index (χ2n) is 9.23. The largest absolute Gasteiger partial charge is 0.490 e. The number of alkyl halides is 3. The standard InChI is InChI=1S/C20H28N4O3.C2HF3O2/c1-19(2,3)18-22-13-15(16(23-18)21-12-14-6-5-11-27-14)17(25)24-9-7-20(4,26)8-10-24;3-2(4,5)1(6)7/h5-6,11,13,26H,7-10,12H2,1-4H3,(H,21,22,23);(H,6,7). The summed E-state index contributed by atoms with van der Waals surface area (Å²) in [5, 5.41) is 20.5. The summed E-state index contributed by atoms with van der Waals surface area (Å²) in [6.45, 7) is 9.39. The van der Waals surface area contributed by atoms with Gasteiger partial charge in [-0.25, -0.2) is 14.8 Å². The number of hydrogen-bond donors (Lipinski definition) is 3. The van der Waals surface area contributed by atoms with Crippen molar-refractivity contribution < 1.29 is 37.4 Å². The molecular formula is C22H29F3N4O5. The smallest absolute Gasteiger partial charge is 0.475 e. The average molecular weight is 486 g/mol. The minimum absolute atomic E-state index is 0.118. The molecule has 0 aliphatic carbocycles. The molecule has 12 heteroatoms. The van der Waals surface area contributed by atoms with Crippen LogP contribution in [0.1, 0.15) is 62.5 Å².